The molecular formula is C13H19ClFNO2. The number of aliphatic hydroxyl groups is 1. The quantitative estimate of drug-likeness (QED) is 0.839. The molecule has 0 aromatic heterocycles. The standard InChI is InChI=1S/C13H19ClFNO2/c1-3-5-11(17)12(16)8-6-9(14)13(18-4-2)10(15)7-8/h6-7,11-12,17H,3-5,16H2,1-2H3/t11-,12+/m0/s1. The Kier molecular flexibility index (Phi) is 5.85. The lowest BCUT2D eigenvalue weighted by Gasteiger charge is -2.19. The van der Waals surface area contributed by atoms with Crippen LogP contribution in [0.3, 0.4) is 0 Å². The van der Waals surface area contributed by atoms with E-state index in [0.717, 1.165) is 6.42 Å². The van der Waals surface area contributed by atoms with Gasteiger partial charge in [0.15, 0.2) is 11.6 Å². The number of aliphatic hydroxyl groups excluding tert-OH is 1. The summed E-state index contributed by atoms with van der Waals surface area (Å²) in [4.78, 5) is 0. The Labute approximate surface area is 112 Å². The van der Waals surface area contributed by atoms with Crippen LogP contribution in [0.4, 0.5) is 4.39 Å². The summed E-state index contributed by atoms with van der Waals surface area (Å²) in [6.45, 7) is 4.03. The molecule has 0 saturated carbocycles. The second-order valence-corrected chi connectivity index (χ2v) is 4.54. The van der Waals surface area contributed by atoms with E-state index in [2.05, 4.69) is 0 Å². The van der Waals surface area contributed by atoms with Crippen molar-refractivity contribution < 1.29 is 14.2 Å². The molecule has 0 amide bonds. The molecule has 0 aliphatic carbocycles. The number of benzene rings is 1. The minimum absolute atomic E-state index is 0.0279. The SMILES string of the molecule is CCC[C@H](O)[C@H](N)c1cc(F)c(OCC)c(Cl)c1. The smallest absolute Gasteiger partial charge is 0.173 e. The van der Waals surface area contributed by atoms with E-state index in [1.54, 1.807) is 13.0 Å². The third kappa shape index (κ3) is 3.57. The van der Waals surface area contributed by atoms with Crippen molar-refractivity contribution >= 4 is 11.6 Å². The Morgan fingerprint density at radius 1 is 1.44 bits per heavy atom. The summed E-state index contributed by atoms with van der Waals surface area (Å²) in [5, 5.41) is 9.98. The average molecular weight is 276 g/mol. The molecule has 1 aromatic carbocycles. The van der Waals surface area contributed by atoms with Crippen molar-refractivity contribution in [2.75, 3.05) is 6.61 Å². The van der Waals surface area contributed by atoms with E-state index in [1.807, 2.05) is 6.92 Å². The van der Waals surface area contributed by atoms with Crippen LogP contribution in [0, 0.1) is 5.82 Å². The van der Waals surface area contributed by atoms with E-state index in [9.17, 15) is 9.50 Å². The fourth-order valence-corrected chi connectivity index (χ4v) is 2.02. The zero-order chi connectivity index (χ0) is 13.7. The van der Waals surface area contributed by atoms with Crippen LogP contribution in [-0.2, 0) is 0 Å². The van der Waals surface area contributed by atoms with Gasteiger partial charge < -0.3 is 15.6 Å². The third-order valence-electron chi connectivity index (χ3n) is 2.69. The number of rotatable bonds is 6. The molecule has 5 heteroatoms. The molecule has 0 spiro atoms. The molecule has 102 valence electrons. The van der Waals surface area contributed by atoms with Crippen molar-refractivity contribution in [2.45, 2.75) is 38.8 Å². The van der Waals surface area contributed by atoms with Crippen LogP contribution in [0.5, 0.6) is 5.75 Å². The van der Waals surface area contributed by atoms with Crippen LogP contribution >= 0.6 is 11.6 Å². The van der Waals surface area contributed by atoms with Gasteiger partial charge in [-0.3, -0.25) is 0 Å². The highest BCUT2D eigenvalue weighted by Gasteiger charge is 2.19. The molecule has 0 aliphatic heterocycles. The average Bonchev–Trinajstić information content (AvgIpc) is 2.33. The minimum Gasteiger partial charge on any atom is -0.489 e. The maximum absolute atomic E-state index is 13.8. The monoisotopic (exact) mass is 275 g/mol. The van der Waals surface area contributed by atoms with E-state index in [1.165, 1.54) is 6.07 Å². The van der Waals surface area contributed by atoms with Gasteiger partial charge in [-0.15, -0.1) is 0 Å². The predicted octanol–water partition coefficient (Wildman–Crippen LogP) is 3.04. The van der Waals surface area contributed by atoms with Crippen molar-refractivity contribution in [1.29, 1.82) is 0 Å². The lowest BCUT2D eigenvalue weighted by molar-refractivity contribution is 0.134. The molecular weight excluding hydrogens is 257 g/mol. The number of nitrogens with two attached hydrogens (primary N) is 1. The first kappa shape index (κ1) is 15.2. The molecule has 0 saturated heterocycles. The van der Waals surface area contributed by atoms with Crippen LogP contribution in [0.15, 0.2) is 12.1 Å². The summed E-state index contributed by atoms with van der Waals surface area (Å²) in [6.07, 6.45) is 0.666. The van der Waals surface area contributed by atoms with Gasteiger partial charge >= 0.3 is 0 Å². The Morgan fingerprint density at radius 2 is 2.11 bits per heavy atom. The van der Waals surface area contributed by atoms with E-state index in [0.29, 0.717) is 18.6 Å². The van der Waals surface area contributed by atoms with Crippen LogP contribution in [-0.4, -0.2) is 17.8 Å². The van der Waals surface area contributed by atoms with Crippen LogP contribution < -0.4 is 10.5 Å². The summed E-state index contributed by atoms with van der Waals surface area (Å²) in [6, 6.07) is 2.16. The largest absolute Gasteiger partial charge is 0.489 e. The lowest BCUT2D eigenvalue weighted by Crippen LogP contribution is -2.26. The molecule has 3 nitrogen and oxygen atoms in total. The molecule has 0 heterocycles. The van der Waals surface area contributed by atoms with Crippen LogP contribution in [0.2, 0.25) is 5.02 Å². The molecule has 0 unspecified atom stereocenters. The maximum Gasteiger partial charge on any atom is 0.173 e. The molecule has 3 N–H and O–H groups in total. The van der Waals surface area contributed by atoms with Crippen molar-refractivity contribution in [2.24, 2.45) is 5.73 Å². The van der Waals surface area contributed by atoms with Crippen molar-refractivity contribution in [3.05, 3.63) is 28.5 Å². The number of hydrogen-bond donors (Lipinski definition) is 2. The van der Waals surface area contributed by atoms with Crippen LogP contribution in [0.1, 0.15) is 38.3 Å². The molecule has 0 radical (unpaired) electrons. The fourth-order valence-electron chi connectivity index (χ4n) is 1.75. The number of hydrogen-bond acceptors (Lipinski definition) is 3. The lowest BCUT2D eigenvalue weighted by atomic mass is 9.99. The zero-order valence-electron chi connectivity index (χ0n) is 10.6. The first-order chi connectivity index (χ1) is 8.51. The molecule has 0 aliphatic rings. The van der Waals surface area contributed by atoms with Gasteiger partial charge in [0, 0.05) is 0 Å². The molecule has 2 atom stereocenters. The second-order valence-electron chi connectivity index (χ2n) is 4.13. The van der Waals surface area contributed by atoms with Gasteiger partial charge in [0.1, 0.15) is 0 Å². The summed E-state index contributed by atoms with van der Waals surface area (Å²) in [5.41, 5.74) is 6.34. The minimum atomic E-state index is -0.705. The van der Waals surface area contributed by atoms with Gasteiger partial charge in [-0.05, 0) is 31.0 Å². The molecule has 0 fully saturated rings. The van der Waals surface area contributed by atoms with Crippen molar-refractivity contribution in [1.82, 2.24) is 0 Å². The van der Waals surface area contributed by atoms with Gasteiger partial charge in [-0.1, -0.05) is 24.9 Å². The van der Waals surface area contributed by atoms with E-state index < -0.39 is 18.0 Å². The first-order valence-corrected chi connectivity index (χ1v) is 6.44. The Morgan fingerprint density at radius 3 is 2.61 bits per heavy atom. The van der Waals surface area contributed by atoms with Gasteiger partial charge in [-0.2, -0.15) is 0 Å². The van der Waals surface area contributed by atoms with Crippen molar-refractivity contribution in [3.63, 3.8) is 0 Å². The van der Waals surface area contributed by atoms with E-state index in [4.69, 9.17) is 22.1 Å². The summed E-state index contributed by atoms with van der Waals surface area (Å²) in [7, 11) is 0. The van der Waals surface area contributed by atoms with E-state index >= 15 is 0 Å². The molecule has 1 aromatic rings. The molecule has 0 bridgehead atoms. The van der Waals surface area contributed by atoms with Crippen molar-refractivity contribution in [3.8, 4) is 5.75 Å². The number of halogens is 2. The maximum atomic E-state index is 13.8. The highest BCUT2D eigenvalue weighted by molar-refractivity contribution is 6.32. The Bertz CT molecular complexity index is 378. The summed E-state index contributed by atoms with van der Waals surface area (Å²) in [5.74, 6) is -0.529. The highest BCUT2D eigenvalue weighted by atomic mass is 35.5. The predicted molar refractivity (Wildman–Crippen MR) is 70.4 cm³/mol. The highest BCUT2D eigenvalue weighted by Crippen LogP contribution is 2.32. The van der Waals surface area contributed by atoms with Gasteiger partial charge in [0.05, 0.1) is 23.8 Å². The topological polar surface area (TPSA) is 55.5 Å². The fraction of sp³-hybridized carbons (Fsp3) is 0.538. The van der Waals surface area contributed by atoms with Gasteiger partial charge in [0.2, 0.25) is 0 Å². The van der Waals surface area contributed by atoms with E-state index in [-0.39, 0.29) is 10.8 Å². The first-order valence-electron chi connectivity index (χ1n) is 6.06. The molecule has 1 rings (SSSR count). The summed E-state index contributed by atoms with van der Waals surface area (Å²) < 4.78 is 18.9. The normalized spacial score (nSPS) is 14.3. The van der Waals surface area contributed by atoms with Crippen LogP contribution in [0.25, 0.3) is 0 Å². The molecule has 18 heavy (non-hydrogen) atoms. The number of ether oxygens (including phenoxy) is 1. The van der Waals surface area contributed by atoms with Gasteiger partial charge in [0.25, 0.3) is 0 Å². The second kappa shape index (κ2) is 6.92. The third-order valence-corrected chi connectivity index (χ3v) is 2.97. The van der Waals surface area contributed by atoms with Gasteiger partial charge in [-0.25, -0.2) is 4.39 Å². The zero-order valence-corrected chi connectivity index (χ0v) is 11.4. The Balaban J connectivity index is 2.98. The summed E-state index contributed by atoms with van der Waals surface area (Å²) >= 11 is 5.94. The Hall–Kier alpha value is -0.840.